The standard InChI is InChI=1S/C20H16ClN3O5S2/c1-10(2)24-31(27,28)13-3-4-14(16(21)7-13)15-9-22-8-11-5-12(29-18(11)15)6-17-19(25)23-20(26)30-17/h3-10,24H,1-2H3,(H,23,25,26)/b17-6+. The van der Waals surface area contributed by atoms with Gasteiger partial charge in [-0.3, -0.25) is 19.9 Å². The number of thioether (sulfide) groups is 1. The summed E-state index contributed by atoms with van der Waals surface area (Å²) in [5, 5.41) is 2.62. The van der Waals surface area contributed by atoms with Crippen LogP contribution in [0.5, 0.6) is 0 Å². The van der Waals surface area contributed by atoms with E-state index in [0.29, 0.717) is 27.9 Å². The minimum Gasteiger partial charge on any atom is -0.456 e. The summed E-state index contributed by atoms with van der Waals surface area (Å²) in [6, 6.07) is 5.86. The van der Waals surface area contributed by atoms with E-state index in [0.717, 1.165) is 11.8 Å². The van der Waals surface area contributed by atoms with Gasteiger partial charge in [-0.15, -0.1) is 0 Å². The maximum absolute atomic E-state index is 12.4. The Bertz CT molecular complexity index is 1360. The minimum absolute atomic E-state index is 0.0499. The molecule has 2 N–H and O–H groups in total. The number of pyridine rings is 1. The first-order chi connectivity index (χ1) is 14.6. The zero-order valence-electron chi connectivity index (χ0n) is 16.3. The molecular weight excluding hydrogens is 462 g/mol. The molecule has 160 valence electrons. The van der Waals surface area contributed by atoms with Crippen molar-refractivity contribution in [3.05, 3.63) is 52.3 Å². The average Bonchev–Trinajstić information content (AvgIpc) is 3.22. The maximum atomic E-state index is 12.4. The number of nitrogens with zero attached hydrogens (tertiary/aromatic N) is 1. The molecule has 0 atom stereocenters. The Morgan fingerprint density at radius 3 is 2.61 bits per heavy atom. The Morgan fingerprint density at radius 2 is 1.97 bits per heavy atom. The summed E-state index contributed by atoms with van der Waals surface area (Å²) in [4.78, 5) is 27.6. The second-order valence-corrected chi connectivity index (χ2v) is 10.2. The van der Waals surface area contributed by atoms with Crippen molar-refractivity contribution in [3.8, 4) is 11.1 Å². The van der Waals surface area contributed by atoms with E-state index in [1.807, 2.05) is 0 Å². The number of aromatic nitrogens is 1. The molecule has 0 aliphatic carbocycles. The van der Waals surface area contributed by atoms with E-state index in [4.69, 9.17) is 16.0 Å². The lowest BCUT2D eigenvalue weighted by molar-refractivity contribution is -0.115. The molecule has 0 spiro atoms. The first-order valence-electron chi connectivity index (χ1n) is 9.09. The summed E-state index contributed by atoms with van der Waals surface area (Å²) < 4.78 is 33.2. The monoisotopic (exact) mass is 477 g/mol. The number of hydrogen-bond donors (Lipinski definition) is 2. The van der Waals surface area contributed by atoms with Crippen LogP contribution in [0.4, 0.5) is 4.79 Å². The van der Waals surface area contributed by atoms with E-state index in [9.17, 15) is 18.0 Å². The third kappa shape index (κ3) is 4.38. The number of carbonyl (C=O) groups excluding carboxylic acids is 2. The van der Waals surface area contributed by atoms with Crippen LogP contribution < -0.4 is 10.0 Å². The van der Waals surface area contributed by atoms with Gasteiger partial charge in [0.25, 0.3) is 11.1 Å². The van der Waals surface area contributed by atoms with Crippen molar-refractivity contribution in [2.24, 2.45) is 0 Å². The summed E-state index contributed by atoms with van der Waals surface area (Å²) >= 11 is 7.21. The normalized spacial score (nSPS) is 15.9. The number of rotatable bonds is 5. The molecule has 8 nitrogen and oxygen atoms in total. The molecule has 2 aromatic heterocycles. The van der Waals surface area contributed by atoms with Crippen LogP contribution in [-0.2, 0) is 14.8 Å². The summed E-state index contributed by atoms with van der Waals surface area (Å²) in [5.41, 5.74) is 1.57. The van der Waals surface area contributed by atoms with Gasteiger partial charge in [-0.2, -0.15) is 0 Å². The fourth-order valence-electron chi connectivity index (χ4n) is 3.06. The predicted octanol–water partition coefficient (Wildman–Crippen LogP) is 4.16. The van der Waals surface area contributed by atoms with E-state index in [-0.39, 0.29) is 20.9 Å². The molecule has 3 aromatic rings. The average molecular weight is 478 g/mol. The van der Waals surface area contributed by atoms with Gasteiger partial charge in [0, 0.05) is 46.0 Å². The van der Waals surface area contributed by atoms with Gasteiger partial charge in [0.05, 0.1) is 9.80 Å². The number of amides is 2. The Hall–Kier alpha value is -2.66. The van der Waals surface area contributed by atoms with Gasteiger partial charge in [-0.25, -0.2) is 13.1 Å². The van der Waals surface area contributed by atoms with Gasteiger partial charge in [0.15, 0.2) is 0 Å². The smallest absolute Gasteiger partial charge is 0.290 e. The Labute approximate surface area is 187 Å². The third-order valence-corrected chi connectivity index (χ3v) is 7.07. The number of benzene rings is 1. The molecule has 1 aliphatic rings. The molecule has 1 saturated heterocycles. The van der Waals surface area contributed by atoms with E-state index in [2.05, 4.69) is 15.0 Å². The zero-order valence-corrected chi connectivity index (χ0v) is 18.7. The SMILES string of the molecule is CC(C)NS(=O)(=O)c1ccc(-c2cncc3cc(/C=C4/SC(=O)NC4=O)oc23)c(Cl)c1. The zero-order chi connectivity index (χ0) is 22.3. The van der Waals surface area contributed by atoms with Crippen LogP contribution in [0.2, 0.25) is 5.02 Å². The van der Waals surface area contributed by atoms with Crippen LogP contribution in [0.15, 0.2) is 50.9 Å². The second-order valence-electron chi connectivity index (χ2n) is 7.02. The first kappa shape index (κ1) is 21.6. The van der Waals surface area contributed by atoms with E-state index in [1.54, 1.807) is 38.4 Å². The molecule has 0 radical (unpaired) electrons. The Morgan fingerprint density at radius 1 is 1.19 bits per heavy atom. The molecule has 0 unspecified atom stereocenters. The molecule has 11 heteroatoms. The van der Waals surface area contributed by atoms with Crippen LogP contribution in [-0.4, -0.2) is 30.6 Å². The van der Waals surface area contributed by atoms with Gasteiger partial charge in [-0.1, -0.05) is 17.7 Å². The highest BCUT2D eigenvalue weighted by Crippen LogP contribution is 2.36. The lowest BCUT2D eigenvalue weighted by Gasteiger charge is -2.11. The first-order valence-corrected chi connectivity index (χ1v) is 11.8. The number of halogens is 1. The molecule has 1 aromatic carbocycles. The quantitative estimate of drug-likeness (QED) is 0.529. The van der Waals surface area contributed by atoms with Crippen molar-refractivity contribution >= 4 is 61.6 Å². The molecule has 1 fully saturated rings. The molecule has 3 heterocycles. The van der Waals surface area contributed by atoms with E-state index >= 15 is 0 Å². The number of sulfonamides is 1. The molecule has 31 heavy (non-hydrogen) atoms. The van der Waals surface area contributed by atoms with Gasteiger partial charge in [-0.05, 0) is 43.8 Å². The predicted molar refractivity (Wildman–Crippen MR) is 119 cm³/mol. The maximum Gasteiger partial charge on any atom is 0.290 e. The molecule has 0 saturated carbocycles. The van der Waals surface area contributed by atoms with Gasteiger partial charge in [0.2, 0.25) is 10.0 Å². The van der Waals surface area contributed by atoms with Gasteiger partial charge < -0.3 is 4.42 Å². The van der Waals surface area contributed by atoms with Crippen molar-refractivity contribution in [3.63, 3.8) is 0 Å². The van der Waals surface area contributed by atoms with Crippen molar-refractivity contribution in [1.29, 1.82) is 0 Å². The lowest BCUT2D eigenvalue weighted by Crippen LogP contribution is -2.30. The molecular formula is C20H16ClN3O5S2. The molecule has 0 bridgehead atoms. The molecule has 2 amide bonds. The van der Waals surface area contributed by atoms with E-state index in [1.165, 1.54) is 18.2 Å². The van der Waals surface area contributed by atoms with Crippen LogP contribution in [0, 0.1) is 0 Å². The minimum atomic E-state index is -3.69. The highest BCUT2D eigenvalue weighted by atomic mass is 35.5. The summed E-state index contributed by atoms with van der Waals surface area (Å²) in [6.07, 6.45) is 4.63. The van der Waals surface area contributed by atoms with Crippen molar-refractivity contribution in [2.75, 3.05) is 0 Å². The summed E-state index contributed by atoms with van der Waals surface area (Å²) in [7, 11) is -3.69. The Kier molecular flexibility index (Phi) is 5.65. The fraction of sp³-hybridized carbons (Fsp3) is 0.150. The van der Waals surface area contributed by atoms with Gasteiger partial charge in [0.1, 0.15) is 11.3 Å². The van der Waals surface area contributed by atoms with Crippen molar-refractivity contribution in [2.45, 2.75) is 24.8 Å². The number of nitrogens with one attached hydrogen (secondary N) is 2. The topological polar surface area (TPSA) is 118 Å². The van der Waals surface area contributed by atoms with E-state index < -0.39 is 21.2 Å². The summed E-state index contributed by atoms with van der Waals surface area (Å²) in [6.45, 7) is 3.46. The second kappa shape index (κ2) is 8.12. The third-order valence-electron chi connectivity index (χ3n) is 4.29. The lowest BCUT2D eigenvalue weighted by atomic mass is 10.1. The number of carbonyl (C=O) groups is 2. The van der Waals surface area contributed by atoms with Crippen LogP contribution in [0.1, 0.15) is 19.6 Å². The number of imide groups is 1. The van der Waals surface area contributed by atoms with Crippen LogP contribution in [0.25, 0.3) is 28.2 Å². The molecule has 4 rings (SSSR count). The largest absolute Gasteiger partial charge is 0.456 e. The number of hydrogen-bond acceptors (Lipinski definition) is 7. The fourth-order valence-corrected chi connectivity index (χ4v) is 5.34. The number of fused-ring (bicyclic) bond motifs is 1. The van der Waals surface area contributed by atoms with Crippen molar-refractivity contribution in [1.82, 2.24) is 15.0 Å². The van der Waals surface area contributed by atoms with Crippen LogP contribution >= 0.6 is 23.4 Å². The Balaban J connectivity index is 1.75. The highest BCUT2D eigenvalue weighted by Gasteiger charge is 2.26. The summed E-state index contributed by atoms with van der Waals surface area (Å²) in [5.74, 6) is -0.114. The van der Waals surface area contributed by atoms with Gasteiger partial charge >= 0.3 is 0 Å². The number of furan rings is 1. The highest BCUT2D eigenvalue weighted by molar-refractivity contribution is 8.18. The molecule has 1 aliphatic heterocycles. The van der Waals surface area contributed by atoms with Crippen molar-refractivity contribution < 1.29 is 22.4 Å². The van der Waals surface area contributed by atoms with Crippen LogP contribution in [0.3, 0.4) is 0 Å².